The number of aromatic nitrogens is 2. The molecule has 1 N–H and O–H groups in total. The average Bonchev–Trinajstić information content (AvgIpc) is 3.13. The molecule has 3 aromatic rings. The molecule has 1 fully saturated rings. The van der Waals surface area contributed by atoms with E-state index in [1.807, 2.05) is 56.3 Å². The zero-order valence-corrected chi connectivity index (χ0v) is 21.6. The Bertz CT molecular complexity index is 1240. The molecule has 6 heteroatoms. The summed E-state index contributed by atoms with van der Waals surface area (Å²) in [5, 5.41) is 8.11. The third kappa shape index (κ3) is 4.57. The molecule has 6 nitrogen and oxygen atoms in total. The number of fused-ring (bicyclic) bond motifs is 1. The van der Waals surface area contributed by atoms with Gasteiger partial charge in [-0.1, -0.05) is 74.6 Å². The summed E-state index contributed by atoms with van der Waals surface area (Å²) in [6, 6.07) is 18.1. The Morgan fingerprint density at radius 3 is 2.33 bits per heavy atom. The van der Waals surface area contributed by atoms with Crippen molar-refractivity contribution in [1.82, 2.24) is 15.1 Å². The lowest BCUT2D eigenvalue weighted by molar-refractivity contribution is -0.127. The molecule has 1 saturated carbocycles. The minimum atomic E-state index is -1.10. The van der Waals surface area contributed by atoms with Gasteiger partial charge in [0.05, 0.1) is 12.2 Å². The molecule has 0 unspecified atom stereocenters. The first kappa shape index (κ1) is 24.3. The van der Waals surface area contributed by atoms with Crippen LogP contribution in [0.15, 0.2) is 54.6 Å². The molecule has 2 heterocycles. The van der Waals surface area contributed by atoms with Gasteiger partial charge < -0.3 is 5.32 Å². The quantitative estimate of drug-likeness (QED) is 0.474. The zero-order valence-electron chi connectivity index (χ0n) is 21.6. The minimum absolute atomic E-state index is 0.113. The number of aryl methyl sites for hydroxylation is 2. The predicted octanol–water partition coefficient (Wildman–Crippen LogP) is 5.68. The average molecular weight is 485 g/mol. The summed E-state index contributed by atoms with van der Waals surface area (Å²) < 4.78 is 1.72. The number of anilines is 1. The summed E-state index contributed by atoms with van der Waals surface area (Å²) in [6.07, 6.45) is 7.65. The van der Waals surface area contributed by atoms with E-state index in [4.69, 9.17) is 5.10 Å². The van der Waals surface area contributed by atoms with E-state index in [1.165, 1.54) is 18.4 Å². The topological polar surface area (TPSA) is 67.2 Å². The van der Waals surface area contributed by atoms with Crippen molar-refractivity contribution in [2.24, 2.45) is 0 Å². The van der Waals surface area contributed by atoms with E-state index in [9.17, 15) is 9.59 Å². The molecule has 2 aliphatic rings. The lowest BCUT2D eigenvalue weighted by Crippen LogP contribution is -2.65. The van der Waals surface area contributed by atoms with Gasteiger partial charge in [-0.2, -0.15) is 5.10 Å². The first-order chi connectivity index (χ1) is 17.4. The highest BCUT2D eigenvalue weighted by atomic mass is 16.2. The van der Waals surface area contributed by atoms with Gasteiger partial charge in [0.25, 0.3) is 5.91 Å². The van der Waals surface area contributed by atoms with Crippen LogP contribution in [0.2, 0.25) is 0 Å². The maximum atomic E-state index is 14.0. The van der Waals surface area contributed by atoms with Gasteiger partial charge in [0.2, 0.25) is 5.91 Å². The number of hydrogen-bond donors (Lipinski definition) is 1. The van der Waals surface area contributed by atoms with Crippen LogP contribution < -0.4 is 10.2 Å². The maximum Gasteiger partial charge on any atom is 0.277 e. The van der Waals surface area contributed by atoms with Gasteiger partial charge in [0, 0.05) is 17.3 Å². The van der Waals surface area contributed by atoms with Crippen LogP contribution in [-0.2, 0) is 17.8 Å². The highest BCUT2D eigenvalue weighted by Gasteiger charge is 2.49. The van der Waals surface area contributed by atoms with Crippen LogP contribution in [0.1, 0.15) is 74.0 Å². The van der Waals surface area contributed by atoms with Crippen LogP contribution in [0.4, 0.5) is 5.69 Å². The van der Waals surface area contributed by atoms with E-state index in [0.717, 1.165) is 54.6 Å². The Morgan fingerprint density at radius 2 is 1.69 bits per heavy atom. The Kier molecular flexibility index (Phi) is 6.69. The molecular weight excluding hydrogens is 448 g/mol. The molecule has 0 spiro atoms. The van der Waals surface area contributed by atoms with E-state index in [-0.39, 0.29) is 17.9 Å². The fourth-order valence-electron chi connectivity index (χ4n) is 5.50. The zero-order chi connectivity index (χ0) is 25.3. The number of rotatable bonds is 5. The molecule has 1 atom stereocenters. The lowest BCUT2D eigenvalue weighted by Gasteiger charge is -2.43. The Hall–Kier alpha value is -3.41. The molecule has 1 aliphatic heterocycles. The van der Waals surface area contributed by atoms with Gasteiger partial charge in [0.1, 0.15) is 11.2 Å². The molecule has 188 valence electrons. The van der Waals surface area contributed by atoms with E-state index in [0.29, 0.717) is 12.2 Å². The molecule has 1 aliphatic carbocycles. The van der Waals surface area contributed by atoms with E-state index < -0.39 is 5.54 Å². The number of amides is 2. The van der Waals surface area contributed by atoms with Crippen molar-refractivity contribution in [2.45, 2.75) is 83.8 Å². The smallest absolute Gasteiger partial charge is 0.277 e. The highest BCUT2D eigenvalue weighted by molar-refractivity contribution is 6.12. The van der Waals surface area contributed by atoms with Crippen LogP contribution in [0.5, 0.6) is 0 Å². The van der Waals surface area contributed by atoms with E-state index in [1.54, 1.807) is 9.58 Å². The molecule has 2 aromatic carbocycles. The number of benzene rings is 2. The van der Waals surface area contributed by atoms with Crippen molar-refractivity contribution < 1.29 is 9.59 Å². The maximum absolute atomic E-state index is 14.0. The van der Waals surface area contributed by atoms with Crippen LogP contribution in [-0.4, -0.2) is 33.2 Å². The molecule has 1 aromatic heterocycles. The summed E-state index contributed by atoms with van der Waals surface area (Å²) in [6.45, 7) is 6.32. The van der Waals surface area contributed by atoms with Gasteiger partial charge in [-0.05, 0) is 56.9 Å². The second-order valence-corrected chi connectivity index (χ2v) is 10.5. The molecule has 5 rings (SSSR count). The molecule has 36 heavy (non-hydrogen) atoms. The first-order valence-corrected chi connectivity index (χ1v) is 13.3. The number of hydrogen-bond acceptors (Lipinski definition) is 3. The fourth-order valence-corrected chi connectivity index (χ4v) is 5.50. The molecule has 0 bridgehead atoms. The normalized spacial score (nSPS) is 20.6. The Morgan fingerprint density at radius 1 is 1.03 bits per heavy atom. The van der Waals surface area contributed by atoms with Gasteiger partial charge >= 0.3 is 0 Å². The van der Waals surface area contributed by atoms with Gasteiger partial charge in [-0.3, -0.25) is 19.2 Å². The minimum Gasteiger partial charge on any atom is -0.351 e. The lowest BCUT2D eigenvalue weighted by atomic mass is 9.93. The number of carbonyl (C=O) groups is 2. The Labute approximate surface area is 213 Å². The van der Waals surface area contributed by atoms with Gasteiger partial charge in [0.15, 0.2) is 0 Å². The second-order valence-electron chi connectivity index (χ2n) is 10.5. The van der Waals surface area contributed by atoms with Gasteiger partial charge in [-0.15, -0.1) is 0 Å². The molecule has 0 saturated heterocycles. The van der Waals surface area contributed by atoms with Crippen LogP contribution in [0.25, 0.3) is 11.3 Å². The van der Waals surface area contributed by atoms with Crippen molar-refractivity contribution in [3.63, 3.8) is 0 Å². The third-order valence-electron chi connectivity index (χ3n) is 7.78. The summed E-state index contributed by atoms with van der Waals surface area (Å²) in [5.74, 6) is -0.314. The standard InChI is InChI=1S/C30H36N4O2/c1-4-22-13-15-23(16-14-22)26-19-27-28(35)34(25-17-11-21(2)12-18-25)30(3,20-33(27)32-26)29(36)31-24-9-7-5-6-8-10-24/h11-19,24H,4-10,20H2,1-3H3,(H,31,36)/t30-/m1/s1. The molecular formula is C30H36N4O2. The summed E-state index contributed by atoms with van der Waals surface area (Å²) in [4.78, 5) is 29.6. The summed E-state index contributed by atoms with van der Waals surface area (Å²) in [5.41, 5.74) is 4.21. The highest BCUT2D eigenvalue weighted by Crippen LogP contribution is 2.35. The third-order valence-corrected chi connectivity index (χ3v) is 7.78. The second kappa shape index (κ2) is 9.92. The number of carbonyl (C=O) groups excluding carboxylic acids is 2. The Balaban J connectivity index is 1.53. The number of nitrogens with one attached hydrogen (secondary N) is 1. The van der Waals surface area contributed by atoms with Crippen molar-refractivity contribution in [1.29, 1.82) is 0 Å². The monoisotopic (exact) mass is 484 g/mol. The molecule has 0 radical (unpaired) electrons. The predicted molar refractivity (Wildman–Crippen MR) is 143 cm³/mol. The first-order valence-electron chi connectivity index (χ1n) is 13.3. The van der Waals surface area contributed by atoms with E-state index >= 15 is 0 Å². The van der Waals surface area contributed by atoms with Crippen LogP contribution >= 0.6 is 0 Å². The van der Waals surface area contributed by atoms with Crippen molar-refractivity contribution in [3.05, 3.63) is 71.4 Å². The van der Waals surface area contributed by atoms with Crippen molar-refractivity contribution in [2.75, 3.05) is 4.90 Å². The summed E-state index contributed by atoms with van der Waals surface area (Å²) in [7, 11) is 0. The molecule has 2 amide bonds. The number of nitrogens with zero attached hydrogens (tertiary/aromatic N) is 3. The summed E-state index contributed by atoms with van der Waals surface area (Å²) >= 11 is 0. The van der Waals surface area contributed by atoms with Gasteiger partial charge in [-0.25, -0.2) is 0 Å². The van der Waals surface area contributed by atoms with Crippen LogP contribution in [0.3, 0.4) is 0 Å². The van der Waals surface area contributed by atoms with E-state index in [2.05, 4.69) is 24.4 Å². The SMILES string of the molecule is CCc1ccc(-c2cc3n(n2)C[C@](C)(C(=O)NC2CCCCCC2)N(c2ccc(C)cc2)C3=O)cc1. The largest absolute Gasteiger partial charge is 0.351 e. The fraction of sp³-hybridized carbons (Fsp3) is 0.433. The van der Waals surface area contributed by atoms with Crippen molar-refractivity contribution in [3.8, 4) is 11.3 Å². The van der Waals surface area contributed by atoms with Crippen molar-refractivity contribution >= 4 is 17.5 Å². The van der Waals surface area contributed by atoms with Crippen LogP contribution in [0, 0.1) is 6.92 Å².